The van der Waals surface area contributed by atoms with Crippen LogP contribution in [0.4, 0.5) is 11.6 Å². The van der Waals surface area contributed by atoms with Gasteiger partial charge in [-0.25, -0.2) is 9.97 Å². The van der Waals surface area contributed by atoms with Gasteiger partial charge in [0.05, 0.1) is 30.2 Å². The molecule has 1 amide bonds. The Morgan fingerprint density at radius 1 is 1.03 bits per heavy atom. The highest BCUT2D eigenvalue weighted by molar-refractivity contribution is 5.79. The molecule has 1 aliphatic carbocycles. The number of carbonyl (C=O) groups excluding carboxylic acids is 1. The first-order chi connectivity index (χ1) is 16.8. The first kappa shape index (κ1) is 22.4. The molecule has 3 aromatic rings. The van der Waals surface area contributed by atoms with Gasteiger partial charge in [0.2, 0.25) is 11.9 Å². The maximum absolute atomic E-state index is 13.1. The number of rotatable bonds is 5. The van der Waals surface area contributed by atoms with Crippen LogP contribution in [-0.2, 0) is 4.79 Å². The third kappa shape index (κ3) is 5.38. The van der Waals surface area contributed by atoms with Crippen LogP contribution in [0.5, 0.6) is 5.75 Å². The van der Waals surface area contributed by atoms with Crippen molar-refractivity contribution in [1.82, 2.24) is 25.5 Å². The molecule has 8 heteroatoms. The van der Waals surface area contributed by atoms with Crippen LogP contribution in [-0.4, -0.2) is 32.7 Å². The lowest BCUT2D eigenvalue weighted by molar-refractivity contribution is -0.126. The van der Waals surface area contributed by atoms with Gasteiger partial charge < -0.3 is 15.4 Å². The average molecular weight is 461 g/mol. The highest BCUT2D eigenvalue weighted by atomic mass is 16.5. The number of hydrogen-bond donors (Lipinski definition) is 3. The summed E-state index contributed by atoms with van der Waals surface area (Å²) in [5.41, 5.74) is 3.59. The first-order valence-corrected chi connectivity index (χ1v) is 12.4. The number of nitrogens with one attached hydrogen (secondary N) is 3. The van der Waals surface area contributed by atoms with Crippen molar-refractivity contribution >= 4 is 17.5 Å². The molecule has 1 aliphatic heterocycles. The second-order valence-electron chi connectivity index (χ2n) is 9.22. The molecular formula is C26H32N6O2. The average Bonchev–Trinajstić information content (AvgIpc) is 3.26. The van der Waals surface area contributed by atoms with E-state index in [2.05, 4.69) is 36.9 Å². The van der Waals surface area contributed by atoms with Crippen LogP contribution >= 0.6 is 0 Å². The first-order valence-electron chi connectivity index (χ1n) is 12.4. The predicted molar refractivity (Wildman–Crippen MR) is 131 cm³/mol. The predicted octanol–water partition coefficient (Wildman–Crippen LogP) is 5.30. The molecule has 1 atom stereocenters. The topological polar surface area (TPSA) is 105 Å². The molecule has 8 nitrogen and oxygen atoms in total. The third-order valence-electron chi connectivity index (χ3n) is 6.78. The van der Waals surface area contributed by atoms with Crippen molar-refractivity contribution in [2.75, 3.05) is 11.9 Å². The van der Waals surface area contributed by atoms with Gasteiger partial charge in [0.15, 0.2) is 0 Å². The normalized spacial score (nSPS) is 19.1. The molecule has 0 saturated heterocycles. The van der Waals surface area contributed by atoms with E-state index in [9.17, 15) is 4.79 Å². The van der Waals surface area contributed by atoms with E-state index in [1.807, 2.05) is 18.2 Å². The molecule has 1 fully saturated rings. The summed E-state index contributed by atoms with van der Waals surface area (Å²) in [7, 11) is 0. The lowest BCUT2D eigenvalue weighted by Crippen LogP contribution is -2.34. The van der Waals surface area contributed by atoms with E-state index in [4.69, 9.17) is 4.74 Å². The van der Waals surface area contributed by atoms with Crippen LogP contribution in [0.15, 0.2) is 42.9 Å². The highest BCUT2D eigenvalue weighted by Crippen LogP contribution is 2.35. The van der Waals surface area contributed by atoms with Crippen molar-refractivity contribution in [3.8, 4) is 17.0 Å². The summed E-state index contributed by atoms with van der Waals surface area (Å²) in [6, 6.07) is 8.01. The Balaban J connectivity index is 1.33. The zero-order chi connectivity index (χ0) is 23.2. The highest BCUT2D eigenvalue weighted by Gasteiger charge is 2.26. The van der Waals surface area contributed by atoms with Crippen molar-refractivity contribution in [3.05, 3.63) is 48.4 Å². The summed E-state index contributed by atoms with van der Waals surface area (Å²) in [5, 5.41) is 13.2. The molecule has 0 bridgehead atoms. The van der Waals surface area contributed by atoms with Gasteiger partial charge in [0.1, 0.15) is 5.75 Å². The number of aromatic nitrogens is 4. The molecule has 1 saturated carbocycles. The Bertz CT molecular complexity index is 1090. The van der Waals surface area contributed by atoms with Crippen molar-refractivity contribution in [3.63, 3.8) is 0 Å². The van der Waals surface area contributed by atoms with Gasteiger partial charge >= 0.3 is 0 Å². The Kier molecular flexibility index (Phi) is 7.02. The summed E-state index contributed by atoms with van der Waals surface area (Å²) < 4.78 is 6.10. The van der Waals surface area contributed by atoms with Crippen LogP contribution < -0.4 is 15.4 Å². The van der Waals surface area contributed by atoms with E-state index >= 15 is 0 Å². The molecular weight excluding hydrogens is 428 g/mol. The minimum Gasteiger partial charge on any atom is -0.493 e. The van der Waals surface area contributed by atoms with Crippen LogP contribution in [0, 0.1) is 5.92 Å². The summed E-state index contributed by atoms with van der Waals surface area (Å²) >= 11 is 0. The Labute approximate surface area is 199 Å². The van der Waals surface area contributed by atoms with Crippen LogP contribution in [0.3, 0.4) is 0 Å². The molecule has 5 rings (SSSR count). The minimum atomic E-state index is -0.0202. The van der Waals surface area contributed by atoms with E-state index < -0.39 is 0 Å². The number of benzene rings is 1. The fourth-order valence-electron chi connectivity index (χ4n) is 4.92. The number of amides is 1. The summed E-state index contributed by atoms with van der Waals surface area (Å²) in [6.45, 7) is 0.642. The molecule has 3 heterocycles. The lowest BCUT2D eigenvalue weighted by atomic mass is 9.90. The van der Waals surface area contributed by atoms with Crippen molar-refractivity contribution < 1.29 is 9.53 Å². The standard InChI is InChI=1S/C26H32N6O2/c33-25(18-7-4-2-1-3-5-8-18)31-23-9-6-14-34-24-15-19(10-11-21(23)24)22-12-13-27-26(32-22)30-20-16-28-29-17-20/h10-13,15-18,23H,1-9,14H2,(H,28,29)(H,31,33)(H,27,30,32). The van der Waals surface area contributed by atoms with E-state index in [0.29, 0.717) is 12.6 Å². The van der Waals surface area contributed by atoms with Crippen LogP contribution in [0.1, 0.15) is 69.4 Å². The number of H-pyrrole nitrogens is 1. The molecule has 34 heavy (non-hydrogen) atoms. The Morgan fingerprint density at radius 3 is 2.71 bits per heavy atom. The van der Waals surface area contributed by atoms with Crippen LogP contribution in [0.2, 0.25) is 0 Å². The van der Waals surface area contributed by atoms with Gasteiger partial charge in [-0.15, -0.1) is 0 Å². The maximum atomic E-state index is 13.1. The van der Waals surface area contributed by atoms with Gasteiger partial charge in [0, 0.05) is 29.4 Å². The fraction of sp³-hybridized carbons (Fsp3) is 0.462. The van der Waals surface area contributed by atoms with Crippen molar-refractivity contribution in [2.24, 2.45) is 5.92 Å². The minimum absolute atomic E-state index is 0.0202. The van der Waals surface area contributed by atoms with Crippen molar-refractivity contribution in [1.29, 1.82) is 0 Å². The second kappa shape index (κ2) is 10.7. The Morgan fingerprint density at radius 2 is 1.88 bits per heavy atom. The summed E-state index contributed by atoms with van der Waals surface area (Å²) in [4.78, 5) is 22.1. The summed E-state index contributed by atoms with van der Waals surface area (Å²) in [6.07, 6.45) is 15.1. The molecule has 2 aliphatic rings. The van der Waals surface area contributed by atoms with Crippen molar-refractivity contribution in [2.45, 2.75) is 63.8 Å². The number of ether oxygens (including phenoxy) is 1. The van der Waals surface area contributed by atoms with Gasteiger partial charge in [-0.3, -0.25) is 9.89 Å². The SMILES string of the molecule is O=C(NC1CCCOc2cc(-c3ccnc(Nc4cn[nH]c4)n3)ccc21)C1CCCCCCC1. The number of fused-ring (bicyclic) bond motifs is 1. The largest absolute Gasteiger partial charge is 0.493 e. The van der Waals surface area contributed by atoms with Gasteiger partial charge in [-0.2, -0.15) is 5.10 Å². The number of aromatic amines is 1. The van der Waals surface area contributed by atoms with E-state index in [-0.39, 0.29) is 17.9 Å². The molecule has 2 aromatic heterocycles. The smallest absolute Gasteiger partial charge is 0.227 e. The molecule has 0 spiro atoms. The lowest BCUT2D eigenvalue weighted by Gasteiger charge is -2.24. The summed E-state index contributed by atoms with van der Waals surface area (Å²) in [5.74, 6) is 1.66. The van der Waals surface area contributed by atoms with Gasteiger partial charge in [-0.1, -0.05) is 44.2 Å². The maximum Gasteiger partial charge on any atom is 0.227 e. The molecule has 1 unspecified atom stereocenters. The monoisotopic (exact) mass is 460 g/mol. The molecule has 178 valence electrons. The zero-order valence-electron chi connectivity index (χ0n) is 19.4. The molecule has 1 aromatic carbocycles. The number of anilines is 2. The van der Waals surface area contributed by atoms with Crippen LogP contribution in [0.25, 0.3) is 11.3 Å². The molecule has 0 radical (unpaired) electrons. The fourth-order valence-corrected chi connectivity index (χ4v) is 4.92. The van der Waals surface area contributed by atoms with Gasteiger partial charge in [0.25, 0.3) is 0 Å². The second-order valence-corrected chi connectivity index (χ2v) is 9.22. The quantitative estimate of drug-likeness (QED) is 0.477. The van der Waals surface area contributed by atoms with E-state index in [0.717, 1.165) is 66.8 Å². The van der Waals surface area contributed by atoms with Gasteiger partial charge in [-0.05, 0) is 37.8 Å². The number of carbonyl (C=O) groups is 1. The van der Waals surface area contributed by atoms with E-state index in [1.54, 1.807) is 18.6 Å². The molecule has 3 N–H and O–H groups in total. The zero-order valence-corrected chi connectivity index (χ0v) is 19.4. The number of hydrogen-bond acceptors (Lipinski definition) is 6. The number of nitrogens with zero attached hydrogens (tertiary/aromatic N) is 3. The third-order valence-corrected chi connectivity index (χ3v) is 6.78. The Hall–Kier alpha value is -3.42. The van der Waals surface area contributed by atoms with E-state index in [1.165, 1.54) is 19.3 Å².